The van der Waals surface area contributed by atoms with E-state index >= 15 is 0 Å². The van der Waals surface area contributed by atoms with Gasteiger partial charge in [0, 0.05) is 50.3 Å². The minimum atomic E-state index is 0.707. The molecule has 0 bridgehead atoms. The van der Waals surface area contributed by atoms with Crippen molar-refractivity contribution in [2.45, 2.75) is 0 Å². The SMILES string of the molecule is c1ccc(-c2cc(-c3ccc(-c4ccc(-n5c(-c6cccc7ccccc67)nc6c7cccnc7c7ccccc7c65)cc4)cc3)nc(-c3ccccc3)n2)cc1. The van der Waals surface area contributed by atoms with Gasteiger partial charge < -0.3 is 0 Å². The predicted octanol–water partition coefficient (Wildman–Crippen LogP) is 13.0. The number of imidazole rings is 1. The van der Waals surface area contributed by atoms with Crippen molar-refractivity contribution in [2.75, 3.05) is 0 Å². The Hall–Kier alpha value is -7.76. The lowest BCUT2D eigenvalue weighted by molar-refractivity contribution is 1.11. The van der Waals surface area contributed by atoms with Crippen molar-refractivity contribution >= 4 is 43.5 Å². The fourth-order valence-corrected chi connectivity index (χ4v) is 8.12. The summed E-state index contributed by atoms with van der Waals surface area (Å²) in [7, 11) is 0. The summed E-state index contributed by atoms with van der Waals surface area (Å²) in [4.78, 5) is 20.3. The summed E-state index contributed by atoms with van der Waals surface area (Å²) in [6.07, 6.45) is 1.87. The maximum atomic E-state index is 5.47. The first kappa shape index (κ1) is 32.7. The van der Waals surface area contributed by atoms with Gasteiger partial charge in [0.2, 0.25) is 0 Å². The van der Waals surface area contributed by atoms with Crippen LogP contribution in [-0.4, -0.2) is 24.5 Å². The van der Waals surface area contributed by atoms with Crippen molar-refractivity contribution in [2.24, 2.45) is 0 Å². The molecule has 11 rings (SSSR count). The number of fused-ring (bicyclic) bond motifs is 7. The third kappa shape index (κ3) is 5.64. The molecule has 0 atom stereocenters. The molecule has 57 heavy (non-hydrogen) atoms. The number of rotatable bonds is 6. The van der Waals surface area contributed by atoms with Crippen LogP contribution in [0.1, 0.15) is 0 Å². The van der Waals surface area contributed by atoms with Gasteiger partial charge in [-0.15, -0.1) is 0 Å². The lowest BCUT2D eigenvalue weighted by atomic mass is 10.0. The first-order valence-electron chi connectivity index (χ1n) is 19.1. The number of benzene rings is 8. The lowest BCUT2D eigenvalue weighted by Gasteiger charge is -2.14. The standard InChI is InChI=1S/C52H33N5/c1-3-14-37(15-4-1)46-33-47(55-51(54-46)39-16-5-2-6-17-39)38-26-24-34(25-27-38)35-28-30-40(31-29-35)57-50-43-21-10-9-20-42(43)48-45(23-12-32-53-48)49(50)56-52(57)44-22-11-18-36-13-7-8-19-41(36)44/h1-33H. The monoisotopic (exact) mass is 727 g/mol. The number of pyridine rings is 1. The van der Waals surface area contributed by atoms with Crippen LogP contribution in [0.3, 0.4) is 0 Å². The van der Waals surface area contributed by atoms with Gasteiger partial charge in [-0.25, -0.2) is 15.0 Å². The zero-order valence-electron chi connectivity index (χ0n) is 30.8. The molecule has 3 aromatic heterocycles. The Morgan fingerprint density at radius 3 is 1.67 bits per heavy atom. The van der Waals surface area contributed by atoms with Crippen molar-refractivity contribution in [3.8, 4) is 62.1 Å². The molecule has 0 aliphatic heterocycles. The molecule has 3 heterocycles. The van der Waals surface area contributed by atoms with E-state index in [9.17, 15) is 0 Å². The highest BCUT2D eigenvalue weighted by atomic mass is 15.1. The van der Waals surface area contributed by atoms with Crippen LogP contribution in [-0.2, 0) is 0 Å². The van der Waals surface area contributed by atoms with Crippen LogP contribution in [0.2, 0.25) is 0 Å². The number of nitrogens with zero attached hydrogens (tertiary/aromatic N) is 5. The highest BCUT2D eigenvalue weighted by Gasteiger charge is 2.22. The summed E-state index contributed by atoms with van der Waals surface area (Å²) < 4.78 is 2.34. The summed E-state index contributed by atoms with van der Waals surface area (Å²) in [6.45, 7) is 0. The van der Waals surface area contributed by atoms with Gasteiger partial charge in [-0.05, 0) is 52.2 Å². The van der Waals surface area contributed by atoms with E-state index in [2.05, 4.69) is 156 Å². The summed E-state index contributed by atoms with van der Waals surface area (Å²) in [6, 6.07) is 67.7. The van der Waals surface area contributed by atoms with Gasteiger partial charge in [0.15, 0.2) is 5.82 Å². The van der Waals surface area contributed by atoms with Crippen molar-refractivity contribution < 1.29 is 0 Å². The minimum Gasteiger partial charge on any atom is -0.292 e. The smallest absolute Gasteiger partial charge is 0.160 e. The Balaban J connectivity index is 1.03. The highest BCUT2D eigenvalue weighted by molar-refractivity contribution is 6.23. The molecule has 0 aliphatic carbocycles. The van der Waals surface area contributed by atoms with Gasteiger partial charge >= 0.3 is 0 Å². The van der Waals surface area contributed by atoms with E-state index in [1.807, 2.05) is 48.7 Å². The second-order valence-corrected chi connectivity index (χ2v) is 14.3. The van der Waals surface area contributed by atoms with Crippen LogP contribution in [0.15, 0.2) is 200 Å². The van der Waals surface area contributed by atoms with Crippen LogP contribution in [0.25, 0.3) is 106 Å². The van der Waals surface area contributed by atoms with E-state index < -0.39 is 0 Å². The number of hydrogen-bond acceptors (Lipinski definition) is 4. The minimum absolute atomic E-state index is 0.707. The first-order valence-corrected chi connectivity index (χ1v) is 19.1. The molecule has 8 aromatic carbocycles. The Kier molecular flexibility index (Phi) is 7.74. The highest BCUT2D eigenvalue weighted by Crippen LogP contribution is 2.40. The lowest BCUT2D eigenvalue weighted by Crippen LogP contribution is -1.99. The van der Waals surface area contributed by atoms with E-state index in [1.54, 1.807) is 0 Å². The van der Waals surface area contributed by atoms with Crippen molar-refractivity contribution in [1.82, 2.24) is 24.5 Å². The molecule has 0 saturated heterocycles. The van der Waals surface area contributed by atoms with Gasteiger partial charge in [0.05, 0.1) is 27.9 Å². The molecule has 0 unspecified atom stereocenters. The third-order valence-corrected chi connectivity index (χ3v) is 10.9. The Morgan fingerprint density at radius 1 is 0.368 bits per heavy atom. The van der Waals surface area contributed by atoms with Crippen LogP contribution < -0.4 is 0 Å². The topological polar surface area (TPSA) is 56.5 Å². The molecule has 0 N–H and O–H groups in total. The number of aromatic nitrogens is 5. The molecular formula is C52H33N5. The van der Waals surface area contributed by atoms with Crippen LogP contribution in [0, 0.1) is 0 Å². The molecule has 5 heteroatoms. The summed E-state index contributed by atoms with van der Waals surface area (Å²) in [5.41, 5.74) is 12.2. The van der Waals surface area contributed by atoms with Crippen LogP contribution in [0.4, 0.5) is 0 Å². The summed E-state index contributed by atoms with van der Waals surface area (Å²) >= 11 is 0. The molecule has 0 amide bonds. The van der Waals surface area contributed by atoms with E-state index in [0.717, 1.165) is 94.4 Å². The zero-order valence-corrected chi connectivity index (χ0v) is 30.8. The van der Waals surface area contributed by atoms with Gasteiger partial charge in [-0.2, -0.15) is 0 Å². The second kappa shape index (κ2) is 13.5. The first-order chi connectivity index (χ1) is 28.3. The maximum absolute atomic E-state index is 5.47. The second-order valence-electron chi connectivity index (χ2n) is 14.3. The molecule has 266 valence electrons. The molecule has 0 radical (unpaired) electrons. The average molecular weight is 728 g/mol. The molecule has 5 nitrogen and oxygen atoms in total. The molecule has 0 spiro atoms. The predicted molar refractivity (Wildman–Crippen MR) is 234 cm³/mol. The van der Waals surface area contributed by atoms with Crippen molar-refractivity contribution in [3.63, 3.8) is 0 Å². The Morgan fingerprint density at radius 2 is 0.930 bits per heavy atom. The normalized spacial score (nSPS) is 11.5. The van der Waals surface area contributed by atoms with Gasteiger partial charge in [0.25, 0.3) is 0 Å². The summed E-state index contributed by atoms with van der Waals surface area (Å²) in [5.74, 6) is 1.61. The van der Waals surface area contributed by atoms with Gasteiger partial charge in [-0.3, -0.25) is 9.55 Å². The van der Waals surface area contributed by atoms with Crippen molar-refractivity contribution in [3.05, 3.63) is 200 Å². The molecule has 0 saturated carbocycles. The Labute approximate surface area is 329 Å². The largest absolute Gasteiger partial charge is 0.292 e. The molecule has 11 aromatic rings. The van der Waals surface area contributed by atoms with Gasteiger partial charge in [-0.1, -0.05) is 164 Å². The van der Waals surface area contributed by atoms with Crippen LogP contribution in [0.5, 0.6) is 0 Å². The van der Waals surface area contributed by atoms with E-state index in [1.165, 1.54) is 5.39 Å². The van der Waals surface area contributed by atoms with Crippen molar-refractivity contribution in [1.29, 1.82) is 0 Å². The van der Waals surface area contributed by atoms with E-state index in [0.29, 0.717) is 5.82 Å². The molecule has 0 fully saturated rings. The van der Waals surface area contributed by atoms with Crippen LogP contribution >= 0.6 is 0 Å². The zero-order chi connectivity index (χ0) is 37.7. The fraction of sp³-hybridized carbons (Fsp3) is 0. The Bertz CT molecular complexity index is 3200. The third-order valence-electron chi connectivity index (χ3n) is 10.9. The molecule has 0 aliphatic rings. The molecular weight excluding hydrogens is 695 g/mol. The average Bonchev–Trinajstić information content (AvgIpc) is 3.70. The van der Waals surface area contributed by atoms with Gasteiger partial charge in [0.1, 0.15) is 5.82 Å². The maximum Gasteiger partial charge on any atom is 0.160 e. The summed E-state index contributed by atoms with van der Waals surface area (Å²) in [5, 5.41) is 5.61. The number of hydrogen-bond donors (Lipinski definition) is 0. The quantitative estimate of drug-likeness (QED) is 0.160. The van der Waals surface area contributed by atoms with E-state index in [-0.39, 0.29) is 0 Å². The fourth-order valence-electron chi connectivity index (χ4n) is 8.12. The van der Waals surface area contributed by atoms with E-state index in [4.69, 9.17) is 19.9 Å².